The monoisotopic (exact) mass is 361 g/mol. The fourth-order valence-corrected chi connectivity index (χ4v) is 2.89. The quantitative estimate of drug-likeness (QED) is 0.772. The zero-order chi connectivity index (χ0) is 18.4. The second-order valence-electron chi connectivity index (χ2n) is 5.51. The van der Waals surface area contributed by atoms with E-state index >= 15 is 0 Å². The van der Waals surface area contributed by atoms with Gasteiger partial charge in [-0.25, -0.2) is 8.42 Å². The average Bonchev–Trinajstić information content (AvgIpc) is 2.55. The Bertz CT molecular complexity index is 849. The molecular weight excluding hydrogens is 342 g/mol. The van der Waals surface area contributed by atoms with E-state index in [4.69, 9.17) is 5.73 Å². The topological polar surface area (TPSA) is 110 Å². The van der Waals surface area contributed by atoms with Crippen LogP contribution >= 0.6 is 0 Å². The summed E-state index contributed by atoms with van der Waals surface area (Å²) in [5.74, 6) is -1.04. The van der Waals surface area contributed by atoms with E-state index in [2.05, 4.69) is 5.32 Å². The van der Waals surface area contributed by atoms with Gasteiger partial charge in [0.05, 0.1) is 12.8 Å². The number of benzene rings is 2. The van der Waals surface area contributed by atoms with Crippen LogP contribution in [0.2, 0.25) is 0 Å². The van der Waals surface area contributed by atoms with Gasteiger partial charge in [0.15, 0.2) is 0 Å². The highest BCUT2D eigenvalue weighted by atomic mass is 32.2. The summed E-state index contributed by atoms with van der Waals surface area (Å²) >= 11 is 0. The lowest BCUT2D eigenvalue weighted by Gasteiger charge is -2.19. The number of nitrogens with one attached hydrogen (secondary N) is 1. The maximum absolute atomic E-state index is 12.2. The van der Waals surface area contributed by atoms with E-state index in [0.717, 1.165) is 16.1 Å². The van der Waals surface area contributed by atoms with Gasteiger partial charge in [0.1, 0.15) is 0 Å². The second-order valence-corrected chi connectivity index (χ2v) is 7.49. The molecule has 2 aromatic rings. The van der Waals surface area contributed by atoms with Crippen molar-refractivity contribution in [3.63, 3.8) is 0 Å². The molecule has 2 rings (SSSR count). The first kappa shape index (κ1) is 18.6. The summed E-state index contributed by atoms with van der Waals surface area (Å²) < 4.78 is 25.0. The second kappa shape index (κ2) is 7.91. The third kappa shape index (κ3) is 5.70. The molecule has 0 aliphatic heterocycles. The Labute approximate surface area is 146 Å². The Morgan fingerprint density at radius 3 is 2.16 bits per heavy atom. The van der Waals surface area contributed by atoms with Crippen molar-refractivity contribution in [3.8, 4) is 0 Å². The number of carbonyl (C=O) groups is 2. The summed E-state index contributed by atoms with van der Waals surface area (Å²) in [5.41, 5.74) is 6.70. The minimum Gasteiger partial charge on any atom is -0.366 e. The minimum atomic E-state index is -3.56. The highest BCUT2D eigenvalue weighted by molar-refractivity contribution is 7.88. The molecule has 0 saturated heterocycles. The Morgan fingerprint density at radius 1 is 1.04 bits per heavy atom. The zero-order valence-corrected chi connectivity index (χ0v) is 14.5. The van der Waals surface area contributed by atoms with Gasteiger partial charge >= 0.3 is 0 Å². The van der Waals surface area contributed by atoms with E-state index in [1.54, 1.807) is 24.3 Å². The summed E-state index contributed by atoms with van der Waals surface area (Å²) in [6, 6.07) is 15.0. The van der Waals surface area contributed by atoms with Crippen molar-refractivity contribution in [3.05, 3.63) is 65.7 Å². The summed E-state index contributed by atoms with van der Waals surface area (Å²) in [5, 5.41) is 2.60. The number of nitrogens with two attached hydrogens (primary N) is 1. The molecule has 3 N–H and O–H groups in total. The number of hydrogen-bond donors (Lipinski definition) is 2. The molecule has 0 spiro atoms. The van der Waals surface area contributed by atoms with E-state index in [1.807, 2.05) is 6.07 Å². The van der Waals surface area contributed by atoms with Crippen LogP contribution < -0.4 is 11.1 Å². The normalized spacial score (nSPS) is 11.3. The predicted octanol–water partition coefficient (Wildman–Crippen LogP) is 1.19. The fourth-order valence-electron chi connectivity index (χ4n) is 2.16. The van der Waals surface area contributed by atoms with Crippen molar-refractivity contribution in [2.24, 2.45) is 5.73 Å². The summed E-state index contributed by atoms with van der Waals surface area (Å²) in [6.07, 6.45) is 1.06. The molecule has 8 heteroatoms. The number of hydrogen-bond acceptors (Lipinski definition) is 4. The predicted molar refractivity (Wildman–Crippen MR) is 95.3 cm³/mol. The van der Waals surface area contributed by atoms with Crippen LogP contribution in [0.3, 0.4) is 0 Å². The van der Waals surface area contributed by atoms with E-state index in [1.165, 1.54) is 24.3 Å². The molecule has 2 amide bonds. The highest BCUT2D eigenvalue weighted by Crippen LogP contribution is 2.11. The molecule has 2 aromatic carbocycles. The van der Waals surface area contributed by atoms with Crippen LogP contribution in [0.1, 0.15) is 15.9 Å². The molecule has 0 aliphatic carbocycles. The van der Waals surface area contributed by atoms with E-state index in [0.29, 0.717) is 11.3 Å². The standard InChI is InChI=1S/C17H19N3O4S/c1-25(23,24)20(11-13-5-3-2-4-6-13)12-16(21)19-15-9-7-14(8-10-15)17(18)22/h2-10H,11-12H2,1H3,(H2,18,22)(H,19,21). The van der Waals surface area contributed by atoms with Crippen LogP contribution in [0, 0.1) is 0 Å². The average molecular weight is 361 g/mol. The molecule has 0 atom stereocenters. The first-order valence-electron chi connectivity index (χ1n) is 7.44. The molecule has 0 aliphatic rings. The van der Waals surface area contributed by atoms with Gasteiger partial charge in [0.25, 0.3) is 0 Å². The lowest BCUT2D eigenvalue weighted by Crippen LogP contribution is -2.36. The maximum atomic E-state index is 12.2. The summed E-state index contributed by atoms with van der Waals surface area (Å²) in [4.78, 5) is 23.2. The van der Waals surface area contributed by atoms with Crippen molar-refractivity contribution in [1.29, 1.82) is 0 Å². The Hall–Kier alpha value is -2.71. The van der Waals surface area contributed by atoms with Gasteiger partial charge in [-0.2, -0.15) is 4.31 Å². The number of anilines is 1. The smallest absolute Gasteiger partial charge is 0.248 e. The van der Waals surface area contributed by atoms with Crippen molar-refractivity contribution < 1.29 is 18.0 Å². The first-order valence-corrected chi connectivity index (χ1v) is 9.29. The van der Waals surface area contributed by atoms with Gasteiger partial charge in [-0.3, -0.25) is 9.59 Å². The minimum absolute atomic E-state index is 0.105. The third-order valence-corrected chi connectivity index (χ3v) is 4.64. The molecule has 25 heavy (non-hydrogen) atoms. The van der Waals surface area contributed by atoms with Crippen molar-refractivity contribution in [2.45, 2.75) is 6.54 Å². The molecule has 7 nitrogen and oxygen atoms in total. The maximum Gasteiger partial charge on any atom is 0.248 e. The fraction of sp³-hybridized carbons (Fsp3) is 0.176. The number of amides is 2. The lowest BCUT2D eigenvalue weighted by atomic mass is 10.2. The largest absolute Gasteiger partial charge is 0.366 e. The number of rotatable bonds is 7. The number of sulfonamides is 1. The molecule has 0 fully saturated rings. The summed E-state index contributed by atoms with van der Waals surface area (Å²) in [7, 11) is -3.56. The van der Waals surface area contributed by atoms with Crippen LogP contribution in [0.15, 0.2) is 54.6 Å². The van der Waals surface area contributed by atoms with E-state index in [-0.39, 0.29) is 13.1 Å². The summed E-state index contributed by atoms with van der Waals surface area (Å²) in [6.45, 7) is -0.209. The van der Waals surface area contributed by atoms with Crippen molar-refractivity contribution in [1.82, 2.24) is 4.31 Å². The molecule has 0 bridgehead atoms. The van der Waals surface area contributed by atoms with Crippen LogP contribution in [-0.2, 0) is 21.4 Å². The molecular formula is C17H19N3O4S. The molecule has 0 aromatic heterocycles. The van der Waals surface area contributed by atoms with Gasteiger partial charge in [-0.15, -0.1) is 0 Å². The van der Waals surface area contributed by atoms with Crippen LogP contribution in [0.25, 0.3) is 0 Å². The molecule has 132 valence electrons. The Balaban J connectivity index is 2.05. The number of carbonyl (C=O) groups excluding carboxylic acids is 2. The van der Waals surface area contributed by atoms with E-state index < -0.39 is 21.8 Å². The lowest BCUT2D eigenvalue weighted by molar-refractivity contribution is -0.116. The van der Waals surface area contributed by atoms with Gasteiger partial charge < -0.3 is 11.1 Å². The van der Waals surface area contributed by atoms with Gasteiger partial charge in [0.2, 0.25) is 21.8 Å². The van der Waals surface area contributed by atoms with E-state index in [9.17, 15) is 18.0 Å². The molecule has 0 unspecified atom stereocenters. The first-order chi connectivity index (χ1) is 11.8. The van der Waals surface area contributed by atoms with Gasteiger partial charge in [-0.05, 0) is 29.8 Å². The highest BCUT2D eigenvalue weighted by Gasteiger charge is 2.20. The number of nitrogens with zero attached hydrogens (tertiary/aromatic N) is 1. The van der Waals surface area contributed by atoms with Gasteiger partial charge in [0, 0.05) is 17.8 Å². The van der Waals surface area contributed by atoms with Crippen LogP contribution in [0.4, 0.5) is 5.69 Å². The molecule has 0 saturated carbocycles. The Morgan fingerprint density at radius 2 is 1.64 bits per heavy atom. The molecule has 0 radical (unpaired) electrons. The zero-order valence-electron chi connectivity index (χ0n) is 13.7. The van der Waals surface area contributed by atoms with Gasteiger partial charge in [-0.1, -0.05) is 30.3 Å². The SMILES string of the molecule is CS(=O)(=O)N(CC(=O)Nc1ccc(C(N)=O)cc1)Cc1ccccc1. The van der Waals surface area contributed by atoms with Crippen LogP contribution in [0.5, 0.6) is 0 Å². The van der Waals surface area contributed by atoms with Crippen LogP contribution in [-0.4, -0.2) is 37.3 Å². The van der Waals surface area contributed by atoms with Crippen molar-refractivity contribution >= 4 is 27.5 Å². The van der Waals surface area contributed by atoms with Crippen molar-refractivity contribution in [2.75, 3.05) is 18.1 Å². The number of primary amides is 1. The molecule has 0 heterocycles. The third-order valence-electron chi connectivity index (χ3n) is 3.44. The Kier molecular flexibility index (Phi) is 5.89.